The fourth-order valence-electron chi connectivity index (χ4n) is 4.26. The molecular formula is C20H37IN4O2. The van der Waals surface area contributed by atoms with Crippen molar-refractivity contribution in [1.82, 2.24) is 15.1 Å². The van der Waals surface area contributed by atoms with Gasteiger partial charge in [-0.3, -0.25) is 9.79 Å². The smallest absolute Gasteiger partial charge is 0.242 e. The van der Waals surface area contributed by atoms with Gasteiger partial charge >= 0.3 is 0 Å². The lowest BCUT2D eigenvalue weighted by Gasteiger charge is -2.40. The molecule has 2 unspecified atom stereocenters. The van der Waals surface area contributed by atoms with Crippen LogP contribution in [0.4, 0.5) is 0 Å². The molecule has 156 valence electrons. The summed E-state index contributed by atoms with van der Waals surface area (Å²) in [5, 5.41) is 3.39. The van der Waals surface area contributed by atoms with Crippen LogP contribution in [0.3, 0.4) is 0 Å². The van der Waals surface area contributed by atoms with Crippen molar-refractivity contribution in [1.29, 1.82) is 0 Å². The van der Waals surface area contributed by atoms with Crippen LogP contribution >= 0.6 is 24.0 Å². The summed E-state index contributed by atoms with van der Waals surface area (Å²) in [5.74, 6) is 1.58. The van der Waals surface area contributed by atoms with Gasteiger partial charge < -0.3 is 19.9 Å². The predicted octanol–water partition coefficient (Wildman–Crippen LogP) is 2.72. The highest BCUT2D eigenvalue weighted by molar-refractivity contribution is 14.0. The highest BCUT2D eigenvalue weighted by Crippen LogP contribution is 2.34. The summed E-state index contributed by atoms with van der Waals surface area (Å²) in [6, 6.07) is 0.510. The van der Waals surface area contributed by atoms with Crippen molar-refractivity contribution in [2.24, 2.45) is 16.3 Å². The zero-order valence-electron chi connectivity index (χ0n) is 17.4. The first-order chi connectivity index (χ1) is 12.4. The lowest BCUT2D eigenvalue weighted by molar-refractivity contribution is -0.135. The van der Waals surface area contributed by atoms with Gasteiger partial charge in [0.15, 0.2) is 5.96 Å². The fourth-order valence-corrected chi connectivity index (χ4v) is 4.26. The number of hydrogen-bond acceptors (Lipinski definition) is 3. The van der Waals surface area contributed by atoms with E-state index in [1.165, 1.54) is 19.3 Å². The van der Waals surface area contributed by atoms with Crippen LogP contribution in [-0.4, -0.2) is 73.1 Å². The highest BCUT2D eigenvalue weighted by atomic mass is 127. The van der Waals surface area contributed by atoms with E-state index in [1.54, 1.807) is 0 Å². The Hall–Kier alpha value is -0.570. The number of halogens is 1. The summed E-state index contributed by atoms with van der Waals surface area (Å²) in [6.07, 6.45) is 4.88. The molecule has 1 aliphatic carbocycles. The van der Waals surface area contributed by atoms with Crippen LogP contribution in [0.1, 0.15) is 53.4 Å². The molecule has 6 nitrogen and oxygen atoms in total. The molecule has 1 saturated carbocycles. The van der Waals surface area contributed by atoms with Gasteiger partial charge in [0.25, 0.3) is 0 Å². The normalized spacial score (nSPS) is 27.4. The van der Waals surface area contributed by atoms with Gasteiger partial charge in [0.2, 0.25) is 5.91 Å². The van der Waals surface area contributed by atoms with E-state index < -0.39 is 0 Å². The fraction of sp³-hybridized carbons (Fsp3) is 0.900. The second-order valence-corrected chi connectivity index (χ2v) is 8.99. The average molecular weight is 492 g/mol. The van der Waals surface area contributed by atoms with Crippen LogP contribution in [0.15, 0.2) is 4.99 Å². The zero-order chi connectivity index (χ0) is 18.7. The Kier molecular flexibility index (Phi) is 8.21. The maximum absolute atomic E-state index is 12.5. The molecule has 0 spiro atoms. The monoisotopic (exact) mass is 492 g/mol. The Morgan fingerprint density at radius 3 is 2.59 bits per heavy atom. The number of piperazine rings is 1. The van der Waals surface area contributed by atoms with E-state index in [-0.39, 0.29) is 41.4 Å². The molecule has 2 saturated heterocycles. The third-order valence-electron chi connectivity index (χ3n) is 5.65. The minimum atomic E-state index is 0. The molecular weight excluding hydrogens is 455 g/mol. The van der Waals surface area contributed by atoms with Crippen molar-refractivity contribution in [2.45, 2.75) is 65.5 Å². The quantitative estimate of drug-likeness (QED) is 0.373. The number of nitrogens with one attached hydrogen (secondary N) is 1. The number of rotatable bonds is 4. The summed E-state index contributed by atoms with van der Waals surface area (Å²) in [6.45, 7) is 13.4. The lowest BCUT2D eigenvalue weighted by Crippen LogP contribution is -2.56. The van der Waals surface area contributed by atoms with Crippen LogP contribution in [-0.2, 0) is 9.53 Å². The van der Waals surface area contributed by atoms with Crippen LogP contribution in [0.2, 0.25) is 0 Å². The van der Waals surface area contributed by atoms with Crippen LogP contribution < -0.4 is 5.32 Å². The predicted molar refractivity (Wildman–Crippen MR) is 120 cm³/mol. The molecule has 2 aliphatic heterocycles. The number of amides is 1. The molecule has 7 heteroatoms. The summed E-state index contributed by atoms with van der Waals surface area (Å²) < 4.78 is 6.09. The van der Waals surface area contributed by atoms with E-state index in [9.17, 15) is 4.79 Å². The summed E-state index contributed by atoms with van der Waals surface area (Å²) >= 11 is 0. The van der Waals surface area contributed by atoms with Crippen LogP contribution in [0.5, 0.6) is 0 Å². The average Bonchev–Trinajstić information content (AvgIpc) is 3.43. The molecule has 0 radical (unpaired) electrons. The van der Waals surface area contributed by atoms with E-state index in [4.69, 9.17) is 9.73 Å². The number of nitrogens with zero attached hydrogens (tertiary/aromatic N) is 3. The first-order valence-electron chi connectivity index (χ1n) is 10.3. The van der Waals surface area contributed by atoms with Crippen molar-refractivity contribution in [3.8, 4) is 0 Å². The molecule has 3 fully saturated rings. The number of carbonyl (C=O) groups is 1. The molecule has 27 heavy (non-hydrogen) atoms. The second-order valence-electron chi connectivity index (χ2n) is 8.99. The van der Waals surface area contributed by atoms with Crippen LogP contribution in [0, 0.1) is 11.3 Å². The second kappa shape index (κ2) is 9.76. The molecule has 0 aromatic carbocycles. The van der Waals surface area contributed by atoms with Gasteiger partial charge in [0.1, 0.15) is 0 Å². The van der Waals surface area contributed by atoms with E-state index in [0.717, 1.165) is 45.2 Å². The Labute approximate surface area is 181 Å². The highest BCUT2D eigenvalue weighted by Gasteiger charge is 2.37. The topological polar surface area (TPSA) is 57.2 Å². The number of guanidine groups is 1. The Morgan fingerprint density at radius 1 is 1.26 bits per heavy atom. The molecule has 0 aromatic rings. The van der Waals surface area contributed by atoms with Gasteiger partial charge in [-0.2, -0.15) is 0 Å². The molecule has 0 aromatic heterocycles. The van der Waals surface area contributed by atoms with Crippen molar-refractivity contribution in [3.63, 3.8) is 0 Å². The van der Waals surface area contributed by atoms with Gasteiger partial charge in [-0.15, -0.1) is 24.0 Å². The van der Waals surface area contributed by atoms with Crippen LogP contribution in [0.25, 0.3) is 0 Å². The largest absolute Gasteiger partial charge is 0.377 e. The maximum Gasteiger partial charge on any atom is 0.242 e. The third kappa shape index (κ3) is 5.95. The molecule has 0 bridgehead atoms. The first kappa shape index (κ1) is 22.7. The molecule has 2 heterocycles. The van der Waals surface area contributed by atoms with Crippen molar-refractivity contribution in [2.75, 3.05) is 39.3 Å². The minimum absolute atomic E-state index is 0. The van der Waals surface area contributed by atoms with Gasteiger partial charge in [0, 0.05) is 44.7 Å². The van der Waals surface area contributed by atoms with Gasteiger partial charge in [-0.1, -0.05) is 20.8 Å². The Bertz CT molecular complexity index is 531. The maximum atomic E-state index is 12.5. The Morgan fingerprint density at radius 2 is 2.00 bits per heavy atom. The summed E-state index contributed by atoms with van der Waals surface area (Å²) in [7, 11) is 0. The standard InChI is InChI=1S/C20H36N4O2.HI/c1-5-21-19(23-10-11-24(16-8-9-16)17(25)14-23)22-13-15-7-6-12-26-18(15)20(2,3)4;/h15-16,18H,5-14H2,1-4H3,(H,21,22);1H. The van der Waals surface area contributed by atoms with E-state index in [0.29, 0.717) is 18.5 Å². The molecule has 3 aliphatic rings. The SMILES string of the molecule is CCNC(=NCC1CCCOC1C(C)(C)C)N1CCN(C2CC2)C(=O)C1.I. The number of hydrogen-bond donors (Lipinski definition) is 1. The molecule has 3 rings (SSSR count). The minimum Gasteiger partial charge on any atom is -0.377 e. The molecule has 1 amide bonds. The van der Waals surface area contributed by atoms with Crippen molar-refractivity contribution in [3.05, 3.63) is 0 Å². The summed E-state index contributed by atoms with van der Waals surface area (Å²) in [5.41, 5.74) is 0.130. The third-order valence-corrected chi connectivity index (χ3v) is 5.65. The first-order valence-corrected chi connectivity index (χ1v) is 10.3. The Balaban J connectivity index is 0.00000261. The van der Waals surface area contributed by atoms with Crippen molar-refractivity contribution < 1.29 is 9.53 Å². The van der Waals surface area contributed by atoms with Gasteiger partial charge in [-0.05, 0) is 38.0 Å². The molecule has 2 atom stereocenters. The number of aliphatic imine (C=N–C) groups is 1. The van der Waals surface area contributed by atoms with Gasteiger partial charge in [0.05, 0.1) is 12.6 Å². The zero-order valence-corrected chi connectivity index (χ0v) is 19.7. The van der Waals surface area contributed by atoms with Gasteiger partial charge in [-0.25, -0.2) is 0 Å². The van der Waals surface area contributed by atoms with E-state index in [2.05, 4.69) is 42.8 Å². The van der Waals surface area contributed by atoms with E-state index in [1.807, 2.05) is 0 Å². The molecule has 1 N–H and O–H groups in total. The lowest BCUT2D eigenvalue weighted by atomic mass is 9.78. The van der Waals surface area contributed by atoms with Crippen molar-refractivity contribution >= 4 is 35.8 Å². The number of ether oxygens (including phenoxy) is 1. The number of carbonyl (C=O) groups excluding carboxylic acids is 1. The van der Waals surface area contributed by atoms with E-state index >= 15 is 0 Å². The summed E-state index contributed by atoms with van der Waals surface area (Å²) in [4.78, 5) is 21.6.